The highest BCUT2D eigenvalue weighted by Gasteiger charge is 2.35. The fourth-order valence-electron chi connectivity index (χ4n) is 2.15. The number of nitrogens with zero attached hydrogens (tertiary/aromatic N) is 3. The second-order valence-corrected chi connectivity index (χ2v) is 7.57. The lowest BCUT2D eigenvalue weighted by molar-refractivity contribution is -0.392. The van der Waals surface area contributed by atoms with E-state index in [1.54, 1.807) is 37.3 Å². The number of rotatable bonds is 7. The summed E-state index contributed by atoms with van der Waals surface area (Å²) >= 11 is 17.6. The number of aryl methyl sites for hydroxylation is 1. The Morgan fingerprint density at radius 1 is 1.38 bits per heavy atom. The van der Waals surface area contributed by atoms with Gasteiger partial charge in [0.2, 0.25) is 3.79 Å². The van der Waals surface area contributed by atoms with Crippen LogP contribution >= 0.6 is 34.8 Å². The zero-order valence-corrected chi connectivity index (χ0v) is 15.8. The van der Waals surface area contributed by atoms with Crippen LogP contribution in [0.1, 0.15) is 16.2 Å². The third kappa shape index (κ3) is 5.31. The van der Waals surface area contributed by atoms with Crippen LogP contribution in [-0.2, 0) is 11.3 Å². The number of amides is 1. The number of imidazole rings is 1. The van der Waals surface area contributed by atoms with Crippen molar-refractivity contribution in [3.05, 3.63) is 58.0 Å². The Balaban J connectivity index is 2.02. The minimum atomic E-state index is -1.93. The lowest BCUT2D eigenvalue weighted by Gasteiger charge is -2.25. The van der Waals surface area contributed by atoms with Gasteiger partial charge in [-0.3, -0.25) is 4.79 Å². The Hall–Kier alpha value is -1.87. The Bertz CT molecular complexity index is 777. The summed E-state index contributed by atoms with van der Waals surface area (Å²) in [5.41, 5.74) is 0.372. The molecule has 0 radical (unpaired) electrons. The van der Waals surface area contributed by atoms with E-state index in [-0.39, 0.29) is 19.0 Å². The predicted octanol–water partition coefficient (Wildman–Crippen LogP) is 3.24. The van der Waals surface area contributed by atoms with Crippen molar-refractivity contribution in [2.24, 2.45) is 0 Å². The first-order valence-corrected chi connectivity index (χ1v) is 8.54. The summed E-state index contributed by atoms with van der Waals surface area (Å²) in [4.78, 5) is 26.5. The van der Waals surface area contributed by atoms with Crippen LogP contribution in [0, 0.1) is 17.0 Å². The molecule has 140 valence electrons. The molecule has 1 N–H and O–H groups in total. The average molecular weight is 422 g/mol. The summed E-state index contributed by atoms with van der Waals surface area (Å²) in [6, 6.07) is 8.36. The third-order valence-corrected chi connectivity index (χ3v) is 4.01. The second-order valence-electron chi connectivity index (χ2n) is 5.20. The topological polar surface area (TPSA) is 99.3 Å². The fourth-order valence-corrected chi connectivity index (χ4v) is 2.50. The first kappa shape index (κ1) is 20.4. The molecule has 0 bridgehead atoms. The zero-order valence-electron chi connectivity index (χ0n) is 13.6. The molecule has 0 aliphatic carbocycles. The maximum absolute atomic E-state index is 12.2. The summed E-state index contributed by atoms with van der Waals surface area (Å²) < 4.78 is 4.89. The highest BCUT2D eigenvalue weighted by molar-refractivity contribution is 6.68. The maximum atomic E-state index is 12.2. The van der Waals surface area contributed by atoms with Gasteiger partial charge in [-0.05, 0) is 17.1 Å². The summed E-state index contributed by atoms with van der Waals surface area (Å²) in [5.74, 6) is -0.212. The predicted molar refractivity (Wildman–Crippen MR) is 97.6 cm³/mol. The van der Waals surface area contributed by atoms with Gasteiger partial charge in [0.05, 0.1) is 6.61 Å². The van der Waals surface area contributed by atoms with Gasteiger partial charge in [0.15, 0.2) is 12.1 Å². The molecule has 0 aliphatic heterocycles. The molecule has 11 heteroatoms. The highest BCUT2D eigenvalue weighted by atomic mass is 35.6. The van der Waals surface area contributed by atoms with Crippen molar-refractivity contribution < 1.29 is 14.5 Å². The summed E-state index contributed by atoms with van der Waals surface area (Å²) in [7, 11) is 0. The van der Waals surface area contributed by atoms with Gasteiger partial charge in [0.1, 0.15) is 12.7 Å². The van der Waals surface area contributed by atoms with Crippen molar-refractivity contribution in [1.29, 1.82) is 0 Å². The molecule has 0 saturated heterocycles. The summed E-state index contributed by atoms with van der Waals surface area (Å²) in [5, 5.41) is 13.5. The van der Waals surface area contributed by atoms with Gasteiger partial charge >= 0.3 is 5.82 Å². The second kappa shape index (κ2) is 8.68. The van der Waals surface area contributed by atoms with Crippen molar-refractivity contribution in [3.8, 4) is 0 Å². The van der Waals surface area contributed by atoms with Crippen LogP contribution in [0.2, 0.25) is 0 Å². The molecule has 0 aliphatic rings. The number of ether oxygens (including phenoxy) is 1. The van der Waals surface area contributed by atoms with Crippen molar-refractivity contribution in [3.63, 3.8) is 0 Å². The van der Waals surface area contributed by atoms with E-state index in [9.17, 15) is 14.9 Å². The lowest BCUT2D eigenvalue weighted by Crippen LogP contribution is -2.46. The van der Waals surface area contributed by atoms with E-state index in [4.69, 9.17) is 39.5 Å². The summed E-state index contributed by atoms with van der Waals surface area (Å²) in [6.07, 6.45) is -0.0954. The van der Waals surface area contributed by atoms with E-state index in [0.717, 1.165) is 6.20 Å². The summed E-state index contributed by atoms with van der Waals surface area (Å²) in [6.45, 7) is 1.67. The number of nitrogens with one attached hydrogen (secondary N) is 1. The first-order chi connectivity index (χ1) is 12.2. The van der Waals surface area contributed by atoms with Gasteiger partial charge in [-0.25, -0.2) is 9.55 Å². The number of benzene rings is 1. The molecular formula is C15H15Cl3N4O4. The molecule has 2 rings (SSSR count). The molecule has 0 saturated carbocycles. The van der Waals surface area contributed by atoms with Crippen LogP contribution in [-0.4, -0.2) is 37.0 Å². The van der Waals surface area contributed by atoms with Crippen LogP contribution in [0.5, 0.6) is 0 Å². The van der Waals surface area contributed by atoms with E-state index >= 15 is 0 Å². The molecular weight excluding hydrogens is 407 g/mol. The zero-order chi connectivity index (χ0) is 19.3. The minimum absolute atomic E-state index is 0.0499. The molecule has 2 aromatic rings. The van der Waals surface area contributed by atoms with Gasteiger partial charge in [0, 0.05) is 12.5 Å². The van der Waals surface area contributed by atoms with Gasteiger partial charge in [-0.2, -0.15) is 0 Å². The molecule has 0 spiro atoms. The quantitative estimate of drug-likeness (QED) is 0.320. The number of carbonyl (C=O) groups excluding carboxylic acids is 1. The van der Waals surface area contributed by atoms with E-state index < -0.39 is 20.9 Å². The molecule has 1 atom stereocenters. The number of nitro groups is 1. The Morgan fingerprint density at radius 2 is 2.04 bits per heavy atom. The van der Waals surface area contributed by atoms with Gasteiger partial charge in [-0.15, -0.1) is 0 Å². The van der Waals surface area contributed by atoms with Crippen molar-refractivity contribution >= 4 is 46.5 Å². The highest BCUT2D eigenvalue weighted by Crippen LogP contribution is 2.31. The van der Waals surface area contributed by atoms with E-state index in [0.29, 0.717) is 11.4 Å². The standard InChI is InChI=1S/C15H15Cl3N4O4/c1-10-19-9-12(22(24)25)21(10)7-8-26-14(15(16,17)18)20-13(23)11-5-3-2-4-6-11/h2-6,9,14H,7-8H2,1H3,(H,20,23)/t14-/m1/s1. The smallest absolute Gasteiger partial charge is 0.342 e. The molecule has 8 nitrogen and oxygen atoms in total. The van der Waals surface area contributed by atoms with E-state index in [1.165, 1.54) is 4.57 Å². The number of alkyl halides is 3. The van der Waals surface area contributed by atoms with E-state index in [1.807, 2.05) is 0 Å². The number of halogens is 3. The normalized spacial score (nSPS) is 12.6. The van der Waals surface area contributed by atoms with Gasteiger partial charge in [-0.1, -0.05) is 53.0 Å². The Labute approximate surface area is 164 Å². The van der Waals surface area contributed by atoms with Gasteiger partial charge < -0.3 is 20.2 Å². The number of hydrogen-bond acceptors (Lipinski definition) is 5. The lowest BCUT2D eigenvalue weighted by atomic mass is 10.2. The van der Waals surface area contributed by atoms with Crippen molar-refractivity contribution in [1.82, 2.24) is 14.9 Å². The fraction of sp³-hybridized carbons (Fsp3) is 0.333. The number of hydrogen-bond donors (Lipinski definition) is 1. The van der Waals surface area contributed by atoms with Gasteiger partial charge in [0.25, 0.3) is 5.91 Å². The monoisotopic (exact) mass is 420 g/mol. The Kier molecular flexibility index (Phi) is 6.82. The maximum Gasteiger partial charge on any atom is 0.342 e. The number of aromatic nitrogens is 2. The van der Waals surface area contributed by atoms with Crippen LogP contribution in [0.3, 0.4) is 0 Å². The van der Waals surface area contributed by atoms with Crippen LogP contribution in [0.4, 0.5) is 5.82 Å². The van der Waals surface area contributed by atoms with Crippen LogP contribution in [0.25, 0.3) is 0 Å². The van der Waals surface area contributed by atoms with Crippen molar-refractivity contribution in [2.45, 2.75) is 23.5 Å². The molecule has 1 aromatic carbocycles. The largest absolute Gasteiger partial charge is 0.358 e. The molecule has 26 heavy (non-hydrogen) atoms. The minimum Gasteiger partial charge on any atom is -0.358 e. The van der Waals surface area contributed by atoms with E-state index in [2.05, 4.69) is 10.3 Å². The Morgan fingerprint density at radius 3 is 2.62 bits per heavy atom. The van der Waals surface area contributed by atoms with Crippen LogP contribution < -0.4 is 5.32 Å². The molecule has 0 fully saturated rings. The molecule has 1 heterocycles. The number of carbonyl (C=O) groups is 1. The average Bonchev–Trinajstić information content (AvgIpc) is 2.95. The SMILES string of the molecule is Cc1ncc([N+](=O)[O-])n1CCO[C@@H](NC(=O)c1ccccc1)C(Cl)(Cl)Cl. The molecule has 1 aromatic heterocycles. The molecule has 1 amide bonds. The van der Waals surface area contributed by atoms with Crippen LogP contribution in [0.15, 0.2) is 36.5 Å². The molecule has 0 unspecified atom stereocenters. The van der Waals surface area contributed by atoms with Crippen molar-refractivity contribution in [2.75, 3.05) is 6.61 Å². The third-order valence-electron chi connectivity index (χ3n) is 3.42. The first-order valence-electron chi connectivity index (χ1n) is 7.41.